The summed E-state index contributed by atoms with van der Waals surface area (Å²) in [5, 5.41) is 0. The van der Waals surface area contributed by atoms with Gasteiger partial charge in [-0.25, -0.2) is 8.42 Å². The lowest BCUT2D eigenvalue weighted by atomic mass is 9.89. The van der Waals surface area contributed by atoms with Gasteiger partial charge in [0.05, 0.1) is 18.6 Å². The molecule has 1 fully saturated rings. The van der Waals surface area contributed by atoms with E-state index in [-0.39, 0.29) is 23.5 Å². The first-order chi connectivity index (χ1) is 8.52. The molecular formula is C13H19NO3S. The Morgan fingerprint density at radius 3 is 2.61 bits per heavy atom. The van der Waals surface area contributed by atoms with Gasteiger partial charge < -0.3 is 10.5 Å². The molecule has 2 rings (SSSR count). The molecular weight excluding hydrogens is 250 g/mol. The number of methoxy groups -OCH3 is 1. The van der Waals surface area contributed by atoms with Crippen LogP contribution in [-0.4, -0.2) is 27.0 Å². The van der Waals surface area contributed by atoms with Crippen LogP contribution in [0.3, 0.4) is 0 Å². The van der Waals surface area contributed by atoms with Crippen molar-refractivity contribution in [2.24, 2.45) is 11.7 Å². The summed E-state index contributed by atoms with van der Waals surface area (Å²) in [6, 6.07) is 7.56. The van der Waals surface area contributed by atoms with Crippen molar-refractivity contribution >= 4 is 9.84 Å². The largest absolute Gasteiger partial charge is 0.497 e. The molecule has 1 aliphatic rings. The fourth-order valence-electron chi connectivity index (χ4n) is 2.39. The molecule has 1 aromatic carbocycles. The van der Waals surface area contributed by atoms with E-state index in [1.165, 1.54) is 0 Å². The Hall–Kier alpha value is -1.07. The average Bonchev–Trinajstić information content (AvgIpc) is 2.38. The van der Waals surface area contributed by atoms with Crippen LogP contribution in [0.2, 0.25) is 0 Å². The predicted molar refractivity (Wildman–Crippen MR) is 71.3 cm³/mol. The number of sulfone groups is 1. The van der Waals surface area contributed by atoms with Crippen LogP contribution in [0.5, 0.6) is 5.75 Å². The number of benzene rings is 1. The molecule has 1 heterocycles. The second-order valence-electron chi connectivity index (χ2n) is 4.79. The van der Waals surface area contributed by atoms with Crippen molar-refractivity contribution in [2.75, 3.05) is 18.6 Å². The Morgan fingerprint density at radius 1 is 1.33 bits per heavy atom. The first-order valence-corrected chi connectivity index (χ1v) is 7.94. The number of nitrogens with two attached hydrogens (primary N) is 1. The summed E-state index contributed by atoms with van der Waals surface area (Å²) in [6.45, 7) is 0. The fourth-order valence-corrected chi connectivity index (χ4v) is 3.92. The van der Waals surface area contributed by atoms with Crippen LogP contribution in [0, 0.1) is 5.92 Å². The smallest absolute Gasteiger partial charge is 0.150 e. The minimum absolute atomic E-state index is 0.115. The molecule has 0 amide bonds. The second kappa shape index (κ2) is 5.28. The zero-order chi connectivity index (χ0) is 13.2. The number of ether oxygens (including phenoxy) is 1. The molecule has 0 saturated carbocycles. The maximum absolute atomic E-state index is 11.4. The van der Waals surface area contributed by atoms with Gasteiger partial charge in [-0.1, -0.05) is 12.1 Å². The van der Waals surface area contributed by atoms with Gasteiger partial charge in [0.25, 0.3) is 0 Å². The molecule has 0 radical (unpaired) electrons. The van der Waals surface area contributed by atoms with Gasteiger partial charge in [0.15, 0.2) is 0 Å². The highest BCUT2D eigenvalue weighted by Crippen LogP contribution is 2.31. The minimum Gasteiger partial charge on any atom is -0.497 e. The molecule has 100 valence electrons. The van der Waals surface area contributed by atoms with Crippen LogP contribution in [0.15, 0.2) is 24.3 Å². The van der Waals surface area contributed by atoms with E-state index in [2.05, 4.69) is 0 Å². The molecule has 1 aliphatic heterocycles. The number of rotatable bonds is 3. The van der Waals surface area contributed by atoms with Crippen LogP contribution in [0.25, 0.3) is 0 Å². The Bertz CT molecular complexity index is 499. The molecule has 0 aromatic heterocycles. The molecule has 4 nitrogen and oxygen atoms in total. The van der Waals surface area contributed by atoms with Crippen LogP contribution in [0.4, 0.5) is 0 Å². The Balaban J connectivity index is 2.09. The maximum atomic E-state index is 11.4. The van der Waals surface area contributed by atoms with Crippen LogP contribution >= 0.6 is 0 Å². The van der Waals surface area contributed by atoms with Gasteiger partial charge in [-0.3, -0.25) is 0 Å². The molecule has 2 N–H and O–H groups in total. The SMILES string of the molecule is COc1cccc(C(N)C2CCS(=O)(=O)CC2)c1. The molecule has 1 saturated heterocycles. The van der Waals surface area contributed by atoms with Gasteiger partial charge in [-0.15, -0.1) is 0 Å². The summed E-state index contributed by atoms with van der Waals surface area (Å²) < 4.78 is 28.0. The van der Waals surface area contributed by atoms with Gasteiger partial charge in [0.1, 0.15) is 15.6 Å². The van der Waals surface area contributed by atoms with Crippen LogP contribution in [0.1, 0.15) is 24.4 Å². The monoisotopic (exact) mass is 269 g/mol. The van der Waals surface area contributed by atoms with E-state index in [1.54, 1.807) is 7.11 Å². The normalized spacial score (nSPS) is 21.4. The average molecular weight is 269 g/mol. The van der Waals surface area contributed by atoms with E-state index >= 15 is 0 Å². The summed E-state index contributed by atoms with van der Waals surface area (Å²) in [4.78, 5) is 0. The lowest BCUT2D eigenvalue weighted by molar-refractivity contribution is 0.386. The highest BCUT2D eigenvalue weighted by molar-refractivity contribution is 7.91. The van der Waals surface area contributed by atoms with Gasteiger partial charge in [-0.2, -0.15) is 0 Å². The van der Waals surface area contributed by atoms with E-state index in [4.69, 9.17) is 10.5 Å². The lowest BCUT2D eigenvalue weighted by Crippen LogP contribution is -2.30. The van der Waals surface area contributed by atoms with Crippen molar-refractivity contribution in [3.8, 4) is 5.75 Å². The van der Waals surface area contributed by atoms with Crippen LogP contribution in [-0.2, 0) is 9.84 Å². The van der Waals surface area contributed by atoms with E-state index in [9.17, 15) is 8.42 Å². The van der Waals surface area contributed by atoms with Gasteiger partial charge in [-0.05, 0) is 36.5 Å². The standard InChI is InChI=1S/C13H19NO3S/c1-17-12-4-2-3-11(9-12)13(14)10-5-7-18(15,16)8-6-10/h2-4,9-10,13H,5-8,14H2,1H3. The molecule has 18 heavy (non-hydrogen) atoms. The van der Waals surface area contributed by atoms with E-state index < -0.39 is 9.84 Å². The molecule has 5 heteroatoms. The lowest BCUT2D eigenvalue weighted by Gasteiger charge is -2.27. The predicted octanol–water partition coefficient (Wildman–Crippen LogP) is 1.52. The molecule has 1 aromatic rings. The topological polar surface area (TPSA) is 69.4 Å². The summed E-state index contributed by atoms with van der Waals surface area (Å²) in [5.74, 6) is 1.54. The zero-order valence-electron chi connectivity index (χ0n) is 10.5. The third kappa shape index (κ3) is 3.03. The summed E-state index contributed by atoms with van der Waals surface area (Å²) in [6.07, 6.45) is 1.31. The van der Waals surface area contributed by atoms with Crippen LogP contribution < -0.4 is 10.5 Å². The quantitative estimate of drug-likeness (QED) is 0.903. The van der Waals surface area contributed by atoms with Crippen molar-refractivity contribution in [3.05, 3.63) is 29.8 Å². The maximum Gasteiger partial charge on any atom is 0.150 e. The molecule has 1 atom stereocenters. The van der Waals surface area contributed by atoms with Crippen molar-refractivity contribution in [1.29, 1.82) is 0 Å². The number of hydrogen-bond acceptors (Lipinski definition) is 4. The first-order valence-electron chi connectivity index (χ1n) is 6.12. The highest BCUT2D eigenvalue weighted by atomic mass is 32.2. The van der Waals surface area contributed by atoms with Crippen molar-refractivity contribution in [2.45, 2.75) is 18.9 Å². The molecule has 0 spiro atoms. The van der Waals surface area contributed by atoms with Gasteiger partial charge >= 0.3 is 0 Å². The summed E-state index contributed by atoms with van der Waals surface area (Å²) in [5.41, 5.74) is 7.24. The van der Waals surface area contributed by atoms with Crippen molar-refractivity contribution in [1.82, 2.24) is 0 Å². The van der Waals surface area contributed by atoms with E-state index in [0.717, 1.165) is 11.3 Å². The van der Waals surface area contributed by atoms with Gasteiger partial charge in [0, 0.05) is 6.04 Å². The third-order valence-electron chi connectivity index (χ3n) is 3.59. The Kier molecular flexibility index (Phi) is 3.92. The first kappa shape index (κ1) is 13.4. The van der Waals surface area contributed by atoms with E-state index in [0.29, 0.717) is 12.8 Å². The Morgan fingerprint density at radius 2 is 2.00 bits per heavy atom. The Labute approximate surface area is 108 Å². The molecule has 0 aliphatic carbocycles. The molecule has 1 unspecified atom stereocenters. The van der Waals surface area contributed by atoms with Crippen molar-refractivity contribution < 1.29 is 13.2 Å². The highest BCUT2D eigenvalue weighted by Gasteiger charge is 2.28. The summed E-state index contributed by atoms with van der Waals surface area (Å²) >= 11 is 0. The summed E-state index contributed by atoms with van der Waals surface area (Å²) in [7, 11) is -1.20. The zero-order valence-corrected chi connectivity index (χ0v) is 11.3. The number of hydrogen-bond donors (Lipinski definition) is 1. The fraction of sp³-hybridized carbons (Fsp3) is 0.538. The van der Waals surface area contributed by atoms with Crippen molar-refractivity contribution in [3.63, 3.8) is 0 Å². The van der Waals surface area contributed by atoms with Gasteiger partial charge in [0.2, 0.25) is 0 Å². The molecule has 0 bridgehead atoms. The second-order valence-corrected chi connectivity index (χ2v) is 7.10. The third-order valence-corrected chi connectivity index (χ3v) is 5.30. The minimum atomic E-state index is -2.82. The van der Waals surface area contributed by atoms with E-state index in [1.807, 2.05) is 24.3 Å².